The van der Waals surface area contributed by atoms with Gasteiger partial charge in [-0.25, -0.2) is 0 Å². The summed E-state index contributed by atoms with van der Waals surface area (Å²) >= 11 is 0. The van der Waals surface area contributed by atoms with Crippen LogP contribution in [0.3, 0.4) is 0 Å². The van der Waals surface area contributed by atoms with Crippen LogP contribution >= 0.6 is 0 Å². The standard InChI is InChI=1S/C21H20.2C2H6.CH5N.H2/c1-21(19-14-8-4-9-15-19,20-16-10-5-11-17-20)18-12-6-2-3-7-13-18;3*1-2;/h2,4-17H,3H2,1H3;2*1-2H3;2H2,1H3;1H. The van der Waals surface area contributed by atoms with Gasteiger partial charge in [0.15, 0.2) is 0 Å². The molecule has 0 spiro atoms. The van der Waals surface area contributed by atoms with Crippen molar-refractivity contribution in [3.05, 3.63) is 108 Å². The molecule has 0 radical (unpaired) electrons. The highest BCUT2D eigenvalue weighted by Crippen LogP contribution is 2.39. The minimum absolute atomic E-state index is 0. The van der Waals surface area contributed by atoms with Crippen molar-refractivity contribution < 1.29 is 1.43 Å². The summed E-state index contributed by atoms with van der Waals surface area (Å²) in [7, 11) is 1.50. The molecule has 0 bridgehead atoms. The van der Waals surface area contributed by atoms with Crippen molar-refractivity contribution >= 4 is 0 Å². The highest BCUT2D eigenvalue weighted by Gasteiger charge is 2.31. The van der Waals surface area contributed by atoms with E-state index in [0.717, 1.165) is 6.42 Å². The van der Waals surface area contributed by atoms with E-state index in [9.17, 15) is 0 Å². The van der Waals surface area contributed by atoms with E-state index in [0.29, 0.717) is 0 Å². The van der Waals surface area contributed by atoms with Crippen molar-refractivity contribution in [2.24, 2.45) is 5.73 Å². The van der Waals surface area contributed by atoms with Crippen molar-refractivity contribution in [1.82, 2.24) is 0 Å². The number of rotatable bonds is 3. The first kappa shape index (κ1) is 24.6. The quantitative estimate of drug-likeness (QED) is 0.606. The van der Waals surface area contributed by atoms with Gasteiger partial charge in [-0.2, -0.15) is 0 Å². The number of benzene rings is 2. The number of nitrogens with two attached hydrogens (primary N) is 1. The summed E-state index contributed by atoms with van der Waals surface area (Å²) in [6, 6.07) is 21.5. The Bertz CT molecular complexity index is 645. The first-order valence-corrected chi connectivity index (χ1v) is 10.0. The Morgan fingerprint density at radius 1 is 0.741 bits per heavy atom. The Hall–Kier alpha value is -2.38. The molecule has 3 rings (SSSR count). The maximum absolute atomic E-state index is 4.50. The molecule has 27 heavy (non-hydrogen) atoms. The first-order chi connectivity index (χ1) is 13.3. The Balaban J connectivity index is 0. The van der Waals surface area contributed by atoms with Crippen molar-refractivity contribution in [3.8, 4) is 0 Å². The molecule has 0 fully saturated rings. The van der Waals surface area contributed by atoms with E-state index in [4.69, 9.17) is 0 Å². The van der Waals surface area contributed by atoms with E-state index in [1.165, 1.54) is 23.7 Å². The summed E-state index contributed by atoms with van der Waals surface area (Å²) in [5, 5.41) is 0. The Morgan fingerprint density at radius 2 is 1.19 bits per heavy atom. The third-order valence-corrected chi connectivity index (χ3v) is 4.26. The molecule has 0 saturated heterocycles. The second kappa shape index (κ2) is 14.8. The highest BCUT2D eigenvalue weighted by molar-refractivity contribution is 5.52. The van der Waals surface area contributed by atoms with Crippen LogP contribution < -0.4 is 5.73 Å². The molecule has 0 aliphatic heterocycles. The zero-order valence-corrected chi connectivity index (χ0v) is 17.9. The topological polar surface area (TPSA) is 26.0 Å². The van der Waals surface area contributed by atoms with E-state index in [2.05, 4.69) is 104 Å². The Morgan fingerprint density at radius 3 is 1.63 bits per heavy atom. The Kier molecular flexibility index (Phi) is 13.5. The van der Waals surface area contributed by atoms with Crippen LogP contribution in [0.25, 0.3) is 0 Å². The van der Waals surface area contributed by atoms with Gasteiger partial charge in [0.05, 0.1) is 0 Å². The van der Waals surface area contributed by atoms with Gasteiger partial charge in [0.25, 0.3) is 0 Å². The van der Waals surface area contributed by atoms with Gasteiger partial charge in [-0.05, 0) is 37.1 Å². The molecule has 0 heterocycles. The zero-order valence-electron chi connectivity index (χ0n) is 17.9. The average Bonchev–Trinajstić information content (AvgIpc) is 3.09. The van der Waals surface area contributed by atoms with Crippen LogP contribution in [0, 0.1) is 0 Å². The van der Waals surface area contributed by atoms with Gasteiger partial charge in [-0.15, -0.1) is 0 Å². The van der Waals surface area contributed by atoms with Gasteiger partial charge in [0.2, 0.25) is 0 Å². The lowest BCUT2D eigenvalue weighted by atomic mass is 9.70. The average molecular weight is 366 g/mol. The molecule has 148 valence electrons. The summed E-state index contributed by atoms with van der Waals surface area (Å²) in [6.45, 7) is 10.3. The normalized spacial score (nSPS) is 12.0. The van der Waals surface area contributed by atoms with Gasteiger partial charge in [-0.3, -0.25) is 0 Å². The lowest BCUT2D eigenvalue weighted by Gasteiger charge is -2.32. The lowest BCUT2D eigenvalue weighted by Crippen LogP contribution is -2.25. The summed E-state index contributed by atoms with van der Waals surface area (Å²) in [6.07, 6.45) is 12.1. The fourth-order valence-corrected chi connectivity index (χ4v) is 2.96. The van der Waals surface area contributed by atoms with Gasteiger partial charge in [-0.1, -0.05) is 119 Å². The van der Waals surface area contributed by atoms with Crippen molar-refractivity contribution in [2.75, 3.05) is 7.05 Å². The van der Waals surface area contributed by atoms with E-state index in [1.807, 2.05) is 27.7 Å². The fraction of sp³-hybridized carbons (Fsp3) is 0.308. The lowest BCUT2D eigenvalue weighted by molar-refractivity contribution is 0.691. The second-order valence-electron chi connectivity index (χ2n) is 5.55. The summed E-state index contributed by atoms with van der Waals surface area (Å²) in [5.74, 6) is 0. The molecule has 0 atom stereocenters. The van der Waals surface area contributed by atoms with Crippen LogP contribution in [-0.2, 0) is 5.41 Å². The maximum atomic E-state index is 4.50. The SMILES string of the molecule is CC.CC.CC(C1=CC=CCC=C1)(c1ccccc1)c1ccccc1.CN.[HH]. The molecule has 2 N–H and O–H groups in total. The van der Waals surface area contributed by atoms with Crippen LogP contribution in [-0.4, -0.2) is 7.05 Å². The van der Waals surface area contributed by atoms with Crippen LogP contribution in [0.2, 0.25) is 0 Å². The molecule has 1 aliphatic carbocycles. The van der Waals surface area contributed by atoms with Crippen LogP contribution in [0.4, 0.5) is 0 Å². The Labute approximate surface area is 168 Å². The third kappa shape index (κ3) is 6.69. The monoisotopic (exact) mass is 365 g/mol. The smallest absolute Gasteiger partial charge is 0.0423 e. The summed E-state index contributed by atoms with van der Waals surface area (Å²) < 4.78 is 0. The molecular weight excluding hydrogens is 326 g/mol. The van der Waals surface area contributed by atoms with Crippen molar-refractivity contribution in [3.63, 3.8) is 0 Å². The molecule has 1 nitrogen and oxygen atoms in total. The minimum atomic E-state index is -0.131. The second-order valence-corrected chi connectivity index (χ2v) is 5.55. The largest absolute Gasteiger partial charge is 0.333 e. The molecule has 0 unspecified atom stereocenters. The van der Waals surface area contributed by atoms with E-state index in [-0.39, 0.29) is 6.84 Å². The van der Waals surface area contributed by atoms with E-state index in [1.54, 1.807) is 0 Å². The van der Waals surface area contributed by atoms with E-state index < -0.39 is 0 Å². The van der Waals surface area contributed by atoms with E-state index >= 15 is 0 Å². The number of hydrogen-bond donors (Lipinski definition) is 1. The molecule has 2 aromatic carbocycles. The van der Waals surface area contributed by atoms with Crippen LogP contribution in [0.15, 0.2) is 96.6 Å². The third-order valence-electron chi connectivity index (χ3n) is 4.26. The molecule has 0 amide bonds. The van der Waals surface area contributed by atoms with Gasteiger partial charge >= 0.3 is 0 Å². The number of allylic oxidation sites excluding steroid dienone is 6. The van der Waals surface area contributed by atoms with Gasteiger partial charge in [0.1, 0.15) is 0 Å². The summed E-state index contributed by atoms with van der Waals surface area (Å²) in [5.41, 5.74) is 8.34. The molecule has 2 aromatic rings. The van der Waals surface area contributed by atoms with Gasteiger partial charge in [0, 0.05) is 6.84 Å². The molecule has 1 heteroatoms. The molecular formula is C26H39N. The summed E-state index contributed by atoms with van der Waals surface area (Å²) in [4.78, 5) is 0. The number of hydrogen-bond acceptors (Lipinski definition) is 1. The molecule has 1 aliphatic rings. The van der Waals surface area contributed by atoms with Crippen molar-refractivity contribution in [1.29, 1.82) is 0 Å². The van der Waals surface area contributed by atoms with Crippen LogP contribution in [0.5, 0.6) is 0 Å². The predicted molar refractivity (Wildman–Crippen MR) is 125 cm³/mol. The van der Waals surface area contributed by atoms with Gasteiger partial charge < -0.3 is 5.73 Å². The van der Waals surface area contributed by atoms with Crippen LogP contribution in [0.1, 0.15) is 53.6 Å². The minimum Gasteiger partial charge on any atom is -0.333 e. The first-order valence-electron chi connectivity index (χ1n) is 10.0. The maximum Gasteiger partial charge on any atom is 0.0423 e. The molecule has 0 aromatic heterocycles. The zero-order chi connectivity index (χ0) is 20.5. The fourth-order valence-electron chi connectivity index (χ4n) is 2.96. The predicted octanol–water partition coefficient (Wildman–Crippen LogP) is 7.31. The van der Waals surface area contributed by atoms with Crippen molar-refractivity contribution in [2.45, 2.75) is 46.5 Å². The highest BCUT2D eigenvalue weighted by atomic mass is 14.4. The molecule has 0 saturated carbocycles.